The quantitative estimate of drug-likeness (QED) is 0.514. The van der Waals surface area contributed by atoms with E-state index in [4.69, 9.17) is 0 Å². The van der Waals surface area contributed by atoms with E-state index < -0.39 is 7.60 Å². The number of phenolic OH excluding ortho intramolecular Hbond substituents is 2. The zero-order valence-corrected chi connectivity index (χ0v) is 12.2. The Kier molecular flexibility index (Phi) is 3.78. The summed E-state index contributed by atoms with van der Waals surface area (Å²) >= 11 is 0. The van der Waals surface area contributed by atoms with Gasteiger partial charge in [-0.15, -0.1) is 0 Å². The molecule has 0 unspecified atom stereocenters. The van der Waals surface area contributed by atoms with Crippen LogP contribution in [0.2, 0.25) is 0 Å². The predicted molar refractivity (Wildman–Crippen MR) is 77.7 cm³/mol. The minimum Gasteiger partial charge on any atom is -0.507 e. The van der Waals surface area contributed by atoms with E-state index in [0.717, 1.165) is 0 Å². The summed E-state index contributed by atoms with van der Waals surface area (Å²) < 4.78 is 11.6. The summed E-state index contributed by atoms with van der Waals surface area (Å²) in [5, 5.41) is 20.7. The summed E-state index contributed by atoms with van der Waals surface area (Å²) in [4.78, 5) is 18.8. The molecule has 2 aromatic carbocycles. The molecule has 0 aromatic heterocycles. The van der Waals surface area contributed by atoms with Gasteiger partial charge in [-0.25, -0.2) is 0 Å². The van der Waals surface area contributed by atoms with Gasteiger partial charge in [0.15, 0.2) is 0 Å². The Bertz CT molecular complexity index is 717. The molecular formula is C14H17O5P. The Hall–Kier alpha value is -1.55. The van der Waals surface area contributed by atoms with Crippen LogP contribution in [-0.4, -0.2) is 20.0 Å². The number of hydrogen-bond acceptors (Lipinski definition) is 3. The van der Waals surface area contributed by atoms with Crippen molar-refractivity contribution in [2.45, 2.75) is 26.7 Å². The fraction of sp³-hybridized carbons (Fsp3) is 0.286. The smallest absolute Gasteiger partial charge is 0.356 e. The van der Waals surface area contributed by atoms with Crippen molar-refractivity contribution in [3.05, 3.63) is 29.3 Å². The molecular weight excluding hydrogens is 279 g/mol. The number of hydrogen-bond donors (Lipinski definition) is 4. The van der Waals surface area contributed by atoms with E-state index in [1.54, 1.807) is 6.07 Å². The second-order valence-corrected chi connectivity index (χ2v) is 6.18. The van der Waals surface area contributed by atoms with Gasteiger partial charge in [0.1, 0.15) is 11.5 Å². The van der Waals surface area contributed by atoms with Gasteiger partial charge in [0.2, 0.25) is 0 Å². The molecule has 20 heavy (non-hydrogen) atoms. The summed E-state index contributed by atoms with van der Waals surface area (Å²) in [7, 11) is -4.54. The molecule has 0 aliphatic rings. The molecule has 0 aliphatic carbocycles. The Morgan fingerprint density at radius 3 is 2.05 bits per heavy atom. The molecule has 0 saturated heterocycles. The highest BCUT2D eigenvalue weighted by Crippen LogP contribution is 2.44. The van der Waals surface area contributed by atoms with Crippen LogP contribution in [0.25, 0.3) is 10.8 Å². The van der Waals surface area contributed by atoms with Crippen molar-refractivity contribution in [3.8, 4) is 11.5 Å². The van der Waals surface area contributed by atoms with Crippen LogP contribution in [-0.2, 0) is 17.4 Å². The third-order valence-corrected chi connectivity index (χ3v) is 4.49. The molecule has 0 spiro atoms. The van der Waals surface area contributed by atoms with Crippen LogP contribution in [0.5, 0.6) is 11.5 Å². The molecule has 0 heterocycles. The molecule has 2 rings (SSSR count). The molecule has 108 valence electrons. The number of rotatable bonds is 3. The highest BCUT2D eigenvalue weighted by molar-refractivity contribution is 7.60. The summed E-state index contributed by atoms with van der Waals surface area (Å²) in [6.07, 6.45) is 0.993. The maximum atomic E-state index is 11.6. The fourth-order valence-corrected chi connectivity index (χ4v) is 3.39. The molecule has 4 N–H and O–H groups in total. The third-order valence-electron chi connectivity index (χ3n) is 3.49. The van der Waals surface area contributed by atoms with Crippen LogP contribution >= 0.6 is 7.60 Å². The SMILES string of the molecule is CCc1c(CC)c(O)c2c(P(=O)(O)O)cccc2c1O. The van der Waals surface area contributed by atoms with Crippen LogP contribution in [0, 0.1) is 0 Å². The Balaban J connectivity index is 3.05. The van der Waals surface area contributed by atoms with Gasteiger partial charge in [-0.1, -0.05) is 26.0 Å². The monoisotopic (exact) mass is 296 g/mol. The van der Waals surface area contributed by atoms with E-state index in [-0.39, 0.29) is 27.6 Å². The minimum absolute atomic E-state index is 0.0209. The topological polar surface area (TPSA) is 98.0 Å². The maximum absolute atomic E-state index is 11.6. The van der Waals surface area contributed by atoms with Crippen molar-refractivity contribution in [2.75, 3.05) is 0 Å². The van der Waals surface area contributed by atoms with E-state index >= 15 is 0 Å². The van der Waals surface area contributed by atoms with Crippen molar-refractivity contribution >= 4 is 23.7 Å². The van der Waals surface area contributed by atoms with Gasteiger partial charge >= 0.3 is 7.60 Å². The van der Waals surface area contributed by atoms with Crippen LogP contribution in [0.4, 0.5) is 0 Å². The summed E-state index contributed by atoms with van der Waals surface area (Å²) in [6.45, 7) is 3.67. The Morgan fingerprint density at radius 1 is 1.00 bits per heavy atom. The zero-order chi connectivity index (χ0) is 15.1. The van der Waals surface area contributed by atoms with E-state index in [1.165, 1.54) is 12.1 Å². The molecule has 0 bridgehead atoms. The number of benzene rings is 2. The van der Waals surface area contributed by atoms with E-state index in [2.05, 4.69) is 0 Å². The minimum atomic E-state index is -4.54. The van der Waals surface area contributed by atoms with Crippen LogP contribution in [0.1, 0.15) is 25.0 Å². The van der Waals surface area contributed by atoms with Gasteiger partial charge in [-0.2, -0.15) is 0 Å². The molecule has 0 fully saturated rings. The first-order chi connectivity index (χ1) is 9.32. The molecule has 5 nitrogen and oxygen atoms in total. The number of phenols is 2. The Morgan fingerprint density at radius 2 is 1.55 bits per heavy atom. The normalized spacial score (nSPS) is 12.0. The molecule has 2 aromatic rings. The largest absolute Gasteiger partial charge is 0.507 e. The molecule has 0 radical (unpaired) electrons. The van der Waals surface area contributed by atoms with Crippen LogP contribution in [0.3, 0.4) is 0 Å². The van der Waals surface area contributed by atoms with E-state index in [9.17, 15) is 24.6 Å². The van der Waals surface area contributed by atoms with E-state index in [1.807, 2.05) is 13.8 Å². The molecule has 0 atom stereocenters. The lowest BCUT2D eigenvalue weighted by atomic mass is 9.95. The first-order valence-corrected chi connectivity index (χ1v) is 7.98. The molecule has 0 amide bonds. The lowest BCUT2D eigenvalue weighted by Gasteiger charge is -2.17. The summed E-state index contributed by atoms with van der Waals surface area (Å²) in [5.74, 6) is -0.177. The second kappa shape index (κ2) is 5.09. The summed E-state index contributed by atoms with van der Waals surface area (Å²) in [5.41, 5.74) is 1.14. The average molecular weight is 296 g/mol. The van der Waals surface area contributed by atoms with Gasteiger partial charge < -0.3 is 20.0 Å². The van der Waals surface area contributed by atoms with Gasteiger partial charge in [0.05, 0.1) is 5.30 Å². The molecule has 6 heteroatoms. The molecule has 0 saturated carbocycles. The molecule has 0 aliphatic heterocycles. The van der Waals surface area contributed by atoms with E-state index in [0.29, 0.717) is 24.0 Å². The standard InChI is InChI=1S/C14H17O5P/c1-3-8-9(4-2)14(16)12-10(13(8)15)6-5-7-11(12)20(17,18)19/h5-7,15-16H,3-4H2,1-2H3,(H2,17,18,19). The van der Waals surface area contributed by atoms with Crippen molar-refractivity contribution in [1.82, 2.24) is 0 Å². The van der Waals surface area contributed by atoms with Gasteiger partial charge in [-0.05, 0) is 18.9 Å². The van der Waals surface area contributed by atoms with Crippen molar-refractivity contribution < 1.29 is 24.6 Å². The zero-order valence-electron chi connectivity index (χ0n) is 11.3. The second-order valence-electron chi connectivity index (χ2n) is 4.61. The predicted octanol–water partition coefficient (Wildman–Crippen LogP) is 2.18. The van der Waals surface area contributed by atoms with Crippen molar-refractivity contribution in [3.63, 3.8) is 0 Å². The lowest BCUT2D eigenvalue weighted by molar-refractivity contribution is 0.387. The van der Waals surface area contributed by atoms with Crippen molar-refractivity contribution in [1.29, 1.82) is 0 Å². The van der Waals surface area contributed by atoms with Crippen molar-refractivity contribution in [2.24, 2.45) is 0 Å². The highest BCUT2D eigenvalue weighted by Gasteiger charge is 2.26. The number of aromatic hydroxyl groups is 2. The lowest BCUT2D eigenvalue weighted by Crippen LogP contribution is -2.07. The fourth-order valence-electron chi connectivity index (χ4n) is 2.59. The average Bonchev–Trinajstić information content (AvgIpc) is 2.40. The van der Waals surface area contributed by atoms with Gasteiger partial charge in [-0.3, -0.25) is 4.57 Å². The first-order valence-electron chi connectivity index (χ1n) is 6.37. The number of fused-ring (bicyclic) bond motifs is 1. The van der Waals surface area contributed by atoms with Crippen LogP contribution in [0.15, 0.2) is 18.2 Å². The third kappa shape index (κ3) is 2.18. The Labute approximate surface area is 116 Å². The van der Waals surface area contributed by atoms with Gasteiger partial charge in [0.25, 0.3) is 0 Å². The first kappa shape index (κ1) is 14.9. The summed E-state index contributed by atoms with van der Waals surface area (Å²) in [6, 6.07) is 4.27. The highest BCUT2D eigenvalue weighted by atomic mass is 31.2. The van der Waals surface area contributed by atoms with Crippen LogP contribution < -0.4 is 5.30 Å². The van der Waals surface area contributed by atoms with Gasteiger partial charge in [0, 0.05) is 21.9 Å². The maximum Gasteiger partial charge on any atom is 0.356 e.